The SMILES string of the molecule is O=C(O)C=Cc1ccc(C(=O)NCc2ccc(Br)s2)cc1. The summed E-state index contributed by atoms with van der Waals surface area (Å²) < 4.78 is 1.03. The maximum absolute atomic E-state index is 12.0. The largest absolute Gasteiger partial charge is 0.478 e. The number of rotatable bonds is 5. The molecule has 21 heavy (non-hydrogen) atoms. The number of carboxylic acid groups (broad SMARTS) is 1. The lowest BCUT2D eigenvalue weighted by molar-refractivity contribution is -0.131. The maximum atomic E-state index is 12.0. The van der Waals surface area contributed by atoms with Gasteiger partial charge in [-0.05, 0) is 51.8 Å². The Hall–Kier alpha value is -1.92. The van der Waals surface area contributed by atoms with Gasteiger partial charge in [-0.1, -0.05) is 12.1 Å². The van der Waals surface area contributed by atoms with Gasteiger partial charge in [-0.2, -0.15) is 0 Å². The Bertz CT molecular complexity index is 676. The van der Waals surface area contributed by atoms with E-state index in [0.717, 1.165) is 20.3 Å². The highest BCUT2D eigenvalue weighted by Crippen LogP contribution is 2.21. The fraction of sp³-hybridized carbons (Fsp3) is 0.0667. The molecule has 1 aromatic carbocycles. The molecule has 0 aliphatic carbocycles. The Kier molecular flexibility index (Phi) is 5.30. The molecule has 2 rings (SSSR count). The summed E-state index contributed by atoms with van der Waals surface area (Å²) >= 11 is 4.95. The van der Waals surface area contributed by atoms with Crippen LogP contribution in [0, 0.1) is 0 Å². The van der Waals surface area contributed by atoms with Crippen molar-refractivity contribution in [1.29, 1.82) is 0 Å². The van der Waals surface area contributed by atoms with Crippen LogP contribution in [-0.2, 0) is 11.3 Å². The number of carbonyl (C=O) groups is 2. The molecule has 1 heterocycles. The molecular weight excluding hydrogens is 354 g/mol. The van der Waals surface area contributed by atoms with Gasteiger partial charge < -0.3 is 10.4 Å². The number of carboxylic acids is 1. The predicted molar refractivity (Wildman–Crippen MR) is 86.3 cm³/mol. The number of carbonyl (C=O) groups excluding carboxylic acids is 1. The number of nitrogens with one attached hydrogen (secondary N) is 1. The Morgan fingerprint density at radius 3 is 2.48 bits per heavy atom. The fourth-order valence-electron chi connectivity index (χ4n) is 1.63. The van der Waals surface area contributed by atoms with Crippen molar-refractivity contribution in [2.45, 2.75) is 6.54 Å². The molecule has 1 amide bonds. The molecule has 0 saturated carbocycles. The molecule has 0 spiro atoms. The number of hydrogen-bond acceptors (Lipinski definition) is 3. The molecule has 0 fully saturated rings. The average molecular weight is 366 g/mol. The summed E-state index contributed by atoms with van der Waals surface area (Å²) in [5.41, 5.74) is 1.27. The molecule has 0 atom stereocenters. The lowest BCUT2D eigenvalue weighted by atomic mass is 10.1. The van der Waals surface area contributed by atoms with Crippen LogP contribution < -0.4 is 5.32 Å². The minimum atomic E-state index is -1.00. The van der Waals surface area contributed by atoms with Gasteiger partial charge in [-0.25, -0.2) is 4.79 Å². The summed E-state index contributed by atoms with van der Waals surface area (Å²) in [5.74, 6) is -1.16. The standard InChI is InChI=1S/C15H12BrNO3S/c16-13-7-6-12(21-13)9-17-15(20)11-4-1-10(2-5-11)3-8-14(18)19/h1-8H,9H2,(H,17,20)(H,18,19). The van der Waals surface area contributed by atoms with Crippen LogP contribution in [0.5, 0.6) is 0 Å². The molecule has 0 radical (unpaired) electrons. The van der Waals surface area contributed by atoms with Crippen molar-refractivity contribution in [2.75, 3.05) is 0 Å². The van der Waals surface area contributed by atoms with Gasteiger partial charge in [-0.3, -0.25) is 4.79 Å². The van der Waals surface area contributed by atoms with Gasteiger partial charge in [0.2, 0.25) is 0 Å². The van der Waals surface area contributed by atoms with E-state index in [-0.39, 0.29) is 5.91 Å². The number of hydrogen-bond donors (Lipinski definition) is 2. The van der Waals surface area contributed by atoms with Crippen molar-refractivity contribution in [3.8, 4) is 0 Å². The monoisotopic (exact) mass is 365 g/mol. The third-order valence-corrected chi connectivity index (χ3v) is 4.27. The molecule has 0 aliphatic rings. The second-order valence-electron chi connectivity index (χ2n) is 4.18. The van der Waals surface area contributed by atoms with E-state index in [1.165, 1.54) is 6.08 Å². The van der Waals surface area contributed by atoms with Gasteiger partial charge in [0.25, 0.3) is 5.91 Å². The molecule has 0 bridgehead atoms. The van der Waals surface area contributed by atoms with E-state index < -0.39 is 5.97 Å². The predicted octanol–water partition coefficient (Wildman–Crippen LogP) is 3.54. The molecule has 0 aliphatic heterocycles. The number of halogens is 1. The summed E-state index contributed by atoms with van der Waals surface area (Å²) in [6.07, 6.45) is 2.54. The first-order valence-electron chi connectivity index (χ1n) is 6.08. The number of benzene rings is 1. The van der Waals surface area contributed by atoms with E-state index in [2.05, 4.69) is 21.2 Å². The van der Waals surface area contributed by atoms with Gasteiger partial charge in [-0.15, -0.1) is 11.3 Å². The van der Waals surface area contributed by atoms with Crippen molar-refractivity contribution >= 4 is 45.2 Å². The van der Waals surface area contributed by atoms with E-state index in [9.17, 15) is 9.59 Å². The van der Waals surface area contributed by atoms with Crippen LogP contribution in [-0.4, -0.2) is 17.0 Å². The van der Waals surface area contributed by atoms with Crippen LogP contribution in [0.3, 0.4) is 0 Å². The molecule has 1 aromatic heterocycles. The zero-order chi connectivity index (χ0) is 15.2. The first kappa shape index (κ1) is 15.5. The molecular formula is C15H12BrNO3S. The van der Waals surface area contributed by atoms with Crippen LogP contribution in [0.2, 0.25) is 0 Å². The van der Waals surface area contributed by atoms with Crippen molar-refractivity contribution in [2.24, 2.45) is 0 Å². The second kappa shape index (κ2) is 7.19. The Morgan fingerprint density at radius 2 is 1.90 bits per heavy atom. The molecule has 0 unspecified atom stereocenters. The minimum absolute atomic E-state index is 0.159. The van der Waals surface area contributed by atoms with E-state index in [0.29, 0.717) is 12.1 Å². The third kappa shape index (κ3) is 4.84. The zero-order valence-electron chi connectivity index (χ0n) is 10.9. The van der Waals surface area contributed by atoms with Gasteiger partial charge >= 0.3 is 5.97 Å². The van der Waals surface area contributed by atoms with Gasteiger partial charge in [0.05, 0.1) is 10.3 Å². The van der Waals surface area contributed by atoms with Crippen LogP contribution in [0.1, 0.15) is 20.8 Å². The van der Waals surface area contributed by atoms with Gasteiger partial charge in [0.1, 0.15) is 0 Å². The lowest BCUT2D eigenvalue weighted by Gasteiger charge is -2.04. The molecule has 0 saturated heterocycles. The van der Waals surface area contributed by atoms with E-state index in [1.807, 2.05) is 12.1 Å². The summed E-state index contributed by atoms with van der Waals surface area (Å²) in [6.45, 7) is 0.482. The molecule has 2 N–H and O–H groups in total. The Morgan fingerprint density at radius 1 is 1.19 bits per heavy atom. The zero-order valence-corrected chi connectivity index (χ0v) is 13.3. The molecule has 2 aromatic rings. The normalized spacial score (nSPS) is 10.7. The number of amides is 1. The highest BCUT2D eigenvalue weighted by molar-refractivity contribution is 9.11. The van der Waals surface area contributed by atoms with Crippen LogP contribution in [0.15, 0.2) is 46.3 Å². The van der Waals surface area contributed by atoms with E-state index in [4.69, 9.17) is 5.11 Å². The van der Waals surface area contributed by atoms with Gasteiger partial charge in [0, 0.05) is 16.5 Å². The average Bonchev–Trinajstić information content (AvgIpc) is 2.89. The smallest absolute Gasteiger partial charge is 0.328 e. The number of aliphatic carboxylic acids is 1. The van der Waals surface area contributed by atoms with Crippen molar-refractivity contribution in [3.05, 3.63) is 62.3 Å². The second-order valence-corrected chi connectivity index (χ2v) is 6.73. The summed E-state index contributed by atoms with van der Waals surface area (Å²) in [4.78, 5) is 23.5. The van der Waals surface area contributed by atoms with Crippen molar-refractivity contribution < 1.29 is 14.7 Å². The topological polar surface area (TPSA) is 66.4 Å². The third-order valence-electron chi connectivity index (χ3n) is 2.64. The van der Waals surface area contributed by atoms with E-state index >= 15 is 0 Å². The fourth-order valence-corrected chi connectivity index (χ4v) is 3.05. The van der Waals surface area contributed by atoms with Crippen molar-refractivity contribution in [3.63, 3.8) is 0 Å². The highest BCUT2D eigenvalue weighted by atomic mass is 79.9. The van der Waals surface area contributed by atoms with Crippen LogP contribution in [0.25, 0.3) is 6.08 Å². The lowest BCUT2D eigenvalue weighted by Crippen LogP contribution is -2.22. The summed E-state index contributed by atoms with van der Waals surface area (Å²) in [5, 5.41) is 11.4. The first-order valence-corrected chi connectivity index (χ1v) is 7.69. The molecule has 6 heteroatoms. The highest BCUT2D eigenvalue weighted by Gasteiger charge is 2.05. The summed E-state index contributed by atoms with van der Waals surface area (Å²) in [6, 6.07) is 10.6. The number of thiophene rings is 1. The van der Waals surface area contributed by atoms with Crippen molar-refractivity contribution in [1.82, 2.24) is 5.32 Å². The summed E-state index contributed by atoms with van der Waals surface area (Å²) in [7, 11) is 0. The Labute approximate surface area is 134 Å². The maximum Gasteiger partial charge on any atom is 0.328 e. The molecule has 4 nitrogen and oxygen atoms in total. The van der Waals surface area contributed by atoms with Gasteiger partial charge in [0.15, 0.2) is 0 Å². The quantitative estimate of drug-likeness (QED) is 0.796. The first-order chi connectivity index (χ1) is 10.0. The van der Waals surface area contributed by atoms with E-state index in [1.54, 1.807) is 35.6 Å². The molecule has 108 valence electrons. The minimum Gasteiger partial charge on any atom is -0.478 e. The van der Waals surface area contributed by atoms with Crippen LogP contribution >= 0.6 is 27.3 Å². The Balaban J connectivity index is 1.95. The van der Waals surface area contributed by atoms with Crippen LogP contribution in [0.4, 0.5) is 0 Å².